The van der Waals surface area contributed by atoms with Crippen LogP contribution in [-0.2, 0) is 23.6 Å². The van der Waals surface area contributed by atoms with Crippen LogP contribution in [0.4, 0.5) is 8.78 Å². The number of nitrogens with zero attached hydrogens (tertiary/aromatic N) is 3. The molecule has 0 saturated heterocycles. The zero-order chi connectivity index (χ0) is 19.2. The van der Waals surface area contributed by atoms with Crippen LogP contribution in [0.25, 0.3) is 0 Å². The largest absolute Gasteiger partial charge is 0.276 e. The fourth-order valence-electron chi connectivity index (χ4n) is 3.48. The molecule has 0 saturated carbocycles. The summed E-state index contributed by atoms with van der Waals surface area (Å²) in [6.45, 7) is 0.228. The van der Waals surface area contributed by atoms with E-state index in [-0.39, 0.29) is 19.0 Å². The molecule has 0 fully saturated rings. The van der Waals surface area contributed by atoms with Gasteiger partial charge in [-0.2, -0.15) is 9.40 Å². The van der Waals surface area contributed by atoms with Gasteiger partial charge in [-0.3, -0.25) is 4.68 Å². The zero-order valence-corrected chi connectivity index (χ0v) is 15.3. The van der Waals surface area contributed by atoms with Crippen molar-refractivity contribution >= 4 is 10.0 Å². The Balaban J connectivity index is 1.80. The third-order valence-corrected chi connectivity index (χ3v) is 6.63. The van der Waals surface area contributed by atoms with Gasteiger partial charge in [0.1, 0.15) is 16.5 Å². The maximum atomic E-state index is 14.2. The molecule has 27 heavy (non-hydrogen) atoms. The molecule has 2 aromatic carbocycles. The monoisotopic (exact) mass is 389 g/mol. The van der Waals surface area contributed by atoms with E-state index >= 15 is 0 Å². The first kappa shape index (κ1) is 17.8. The van der Waals surface area contributed by atoms with Crippen molar-refractivity contribution in [3.63, 3.8) is 0 Å². The number of halogens is 2. The minimum atomic E-state index is -4.20. The van der Waals surface area contributed by atoms with Crippen molar-refractivity contribution in [2.45, 2.75) is 17.4 Å². The van der Waals surface area contributed by atoms with E-state index in [4.69, 9.17) is 0 Å². The second-order valence-corrected chi connectivity index (χ2v) is 8.48. The summed E-state index contributed by atoms with van der Waals surface area (Å²) in [6, 6.07) is 10.00. The summed E-state index contributed by atoms with van der Waals surface area (Å²) in [6.07, 6.45) is 3.53. The molecule has 1 aromatic heterocycles. The molecule has 1 atom stereocenters. The Labute approximate surface area is 155 Å². The smallest absolute Gasteiger partial charge is 0.246 e. The molecular formula is C19H17F2N3O2S. The number of hydrogen-bond donors (Lipinski definition) is 0. The van der Waals surface area contributed by atoms with Crippen LogP contribution in [0, 0.1) is 11.6 Å². The minimum absolute atomic E-state index is 0.102. The number of rotatable bonds is 3. The Kier molecular flexibility index (Phi) is 4.32. The lowest BCUT2D eigenvalue weighted by Gasteiger charge is -2.33. The molecule has 1 unspecified atom stereocenters. The first-order valence-electron chi connectivity index (χ1n) is 8.38. The molecule has 0 bridgehead atoms. The molecule has 0 N–H and O–H groups in total. The Morgan fingerprint density at radius 1 is 1.15 bits per heavy atom. The molecule has 5 nitrogen and oxygen atoms in total. The van der Waals surface area contributed by atoms with Crippen LogP contribution in [0.3, 0.4) is 0 Å². The van der Waals surface area contributed by atoms with E-state index in [1.165, 1.54) is 4.31 Å². The standard InChI is InChI=1S/C19H17F2N3O2S/c1-23-10-14(9-22-23)17-12-24(11-13-4-2-3-5-16(13)17)27(25,26)19-8-15(20)6-7-18(19)21/h2-10,17H,11-12H2,1H3. The summed E-state index contributed by atoms with van der Waals surface area (Å²) < 4.78 is 56.7. The van der Waals surface area contributed by atoms with Crippen LogP contribution >= 0.6 is 0 Å². The highest BCUT2D eigenvalue weighted by Gasteiger charge is 2.35. The van der Waals surface area contributed by atoms with Gasteiger partial charge in [0.05, 0.1) is 6.20 Å². The van der Waals surface area contributed by atoms with E-state index in [1.54, 1.807) is 17.9 Å². The summed E-state index contributed by atoms with van der Waals surface area (Å²) >= 11 is 0. The Morgan fingerprint density at radius 3 is 2.67 bits per heavy atom. The topological polar surface area (TPSA) is 55.2 Å². The molecule has 140 valence electrons. The van der Waals surface area contributed by atoms with Gasteiger partial charge in [0, 0.05) is 32.3 Å². The summed E-state index contributed by atoms with van der Waals surface area (Å²) in [5.41, 5.74) is 2.71. The number of hydrogen-bond acceptors (Lipinski definition) is 3. The highest BCUT2D eigenvalue weighted by Crippen LogP contribution is 2.36. The summed E-state index contributed by atoms with van der Waals surface area (Å²) in [7, 11) is -2.41. The molecule has 0 aliphatic carbocycles. The predicted molar refractivity (Wildman–Crippen MR) is 95.4 cm³/mol. The van der Waals surface area contributed by atoms with E-state index in [9.17, 15) is 17.2 Å². The third-order valence-electron chi connectivity index (χ3n) is 4.80. The van der Waals surface area contributed by atoms with Crippen LogP contribution in [-0.4, -0.2) is 29.0 Å². The molecule has 1 aliphatic heterocycles. The van der Waals surface area contributed by atoms with Crippen molar-refractivity contribution in [1.29, 1.82) is 0 Å². The molecule has 0 spiro atoms. The van der Waals surface area contributed by atoms with Gasteiger partial charge in [-0.05, 0) is 34.9 Å². The SMILES string of the molecule is Cn1cc(C2CN(S(=O)(=O)c3cc(F)ccc3F)Cc3ccccc32)cn1. The van der Waals surface area contributed by atoms with Crippen molar-refractivity contribution < 1.29 is 17.2 Å². The lowest BCUT2D eigenvalue weighted by Crippen LogP contribution is -2.38. The highest BCUT2D eigenvalue weighted by atomic mass is 32.2. The number of benzene rings is 2. The van der Waals surface area contributed by atoms with Crippen molar-refractivity contribution in [3.05, 3.63) is 83.2 Å². The van der Waals surface area contributed by atoms with E-state index < -0.39 is 26.6 Å². The van der Waals surface area contributed by atoms with Crippen LogP contribution in [0.15, 0.2) is 59.8 Å². The normalized spacial score (nSPS) is 17.7. The summed E-state index contributed by atoms with van der Waals surface area (Å²) in [4.78, 5) is -0.646. The van der Waals surface area contributed by atoms with E-state index in [2.05, 4.69) is 5.10 Å². The average molecular weight is 389 g/mol. The molecule has 4 rings (SSSR count). The Hall–Kier alpha value is -2.58. The van der Waals surface area contributed by atoms with Crippen LogP contribution < -0.4 is 0 Å². The van der Waals surface area contributed by atoms with Gasteiger partial charge in [-0.15, -0.1) is 0 Å². The van der Waals surface area contributed by atoms with Gasteiger partial charge in [0.25, 0.3) is 0 Å². The molecule has 3 aromatic rings. The third kappa shape index (κ3) is 3.15. The fraction of sp³-hybridized carbons (Fsp3) is 0.211. The Bertz CT molecular complexity index is 1110. The Morgan fingerprint density at radius 2 is 1.93 bits per heavy atom. The fourth-order valence-corrected chi connectivity index (χ4v) is 4.99. The number of fused-ring (bicyclic) bond motifs is 1. The quantitative estimate of drug-likeness (QED) is 0.692. The molecule has 1 aliphatic rings. The van der Waals surface area contributed by atoms with Gasteiger partial charge in [0.15, 0.2) is 0 Å². The second-order valence-electron chi connectivity index (χ2n) is 6.57. The number of aromatic nitrogens is 2. The molecule has 0 radical (unpaired) electrons. The van der Waals surface area contributed by atoms with Crippen LogP contribution in [0.5, 0.6) is 0 Å². The van der Waals surface area contributed by atoms with Crippen LogP contribution in [0.1, 0.15) is 22.6 Å². The van der Waals surface area contributed by atoms with Crippen LogP contribution in [0.2, 0.25) is 0 Å². The highest BCUT2D eigenvalue weighted by molar-refractivity contribution is 7.89. The maximum absolute atomic E-state index is 14.2. The molecular weight excluding hydrogens is 372 g/mol. The molecule has 8 heteroatoms. The second kappa shape index (κ2) is 6.54. The van der Waals surface area contributed by atoms with Gasteiger partial charge < -0.3 is 0 Å². The predicted octanol–water partition coefficient (Wildman–Crippen LogP) is 3.03. The average Bonchev–Trinajstić information content (AvgIpc) is 3.09. The first-order chi connectivity index (χ1) is 12.9. The van der Waals surface area contributed by atoms with E-state index in [0.717, 1.165) is 34.9 Å². The summed E-state index contributed by atoms with van der Waals surface area (Å²) in [5, 5.41) is 4.17. The van der Waals surface area contributed by atoms with Crippen molar-refractivity contribution in [1.82, 2.24) is 14.1 Å². The van der Waals surface area contributed by atoms with Crippen molar-refractivity contribution in [2.75, 3.05) is 6.54 Å². The van der Waals surface area contributed by atoms with Crippen molar-refractivity contribution in [2.24, 2.45) is 7.05 Å². The van der Waals surface area contributed by atoms with Crippen molar-refractivity contribution in [3.8, 4) is 0 Å². The summed E-state index contributed by atoms with van der Waals surface area (Å²) in [5.74, 6) is -2.00. The number of sulfonamides is 1. The van der Waals surface area contributed by atoms with Gasteiger partial charge in [-0.25, -0.2) is 17.2 Å². The van der Waals surface area contributed by atoms with Gasteiger partial charge in [0.2, 0.25) is 10.0 Å². The lowest BCUT2D eigenvalue weighted by atomic mass is 9.87. The first-order valence-corrected chi connectivity index (χ1v) is 9.82. The molecule has 0 amide bonds. The van der Waals surface area contributed by atoms with Gasteiger partial charge >= 0.3 is 0 Å². The zero-order valence-electron chi connectivity index (χ0n) is 14.5. The van der Waals surface area contributed by atoms with E-state index in [1.807, 2.05) is 30.5 Å². The minimum Gasteiger partial charge on any atom is -0.276 e. The molecule has 2 heterocycles. The maximum Gasteiger partial charge on any atom is 0.246 e. The van der Waals surface area contributed by atoms with E-state index in [0.29, 0.717) is 0 Å². The lowest BCUT2D eigenvalue weighted by molar-refractivity contribution is 0.369. The number of aryl methyl sites for hydroxylation is 1. The van der Waals surface area contributed by atoms with Gasteiger partial charge in [-0.1, -0.05) is 24.3 Å².